The van der Waals surface area contributed by atoms with E-state index in [4.69, 9.17) is 8.83 Å². The van der Waals surface area contributed by atoms with Crippen LogP contribution in [0.1, 0.15) is 0 Å². The summed E-state index contributed by atoms with van der Waals surface area (Å²) in [5.41, 5.74) is 7.88. The van der Waals surface area contributed by atoms with Gasteiger partial charge in [-0.1, -0.05) is 84.9 Å². The molecule has 0 N–H and O–H groups in total. The molecular formula is C36H20N2O2. The number of hydrogen-bond donors (Lipinski definition) is 0. The molecule has 4 aromatic heterocycles. The lowest BCUT2D eigenvalue weighted by molar-refractivity contribution is 0.659. The van der Waals surface area contributed by atoms with Crippen molar-refractivity contribution in [2.24, 2.45) is 0 Å². The molecule has 0 aliphatic carbocycles. The largest absolute Gasteiger partial charge is 0.454 e. The Morgan fingerprint density at radius 2 is 0.700 bits per heavy atom. The lowest BCUT2D eigenvalue weighted by Crippen LogP contribution is -2.08. The van der Waals surface area contributed by atoms with Crippen molar-refractivity contribution >= 4 is 87.5 Å². The van der Waals surface area contributed by atoms with E-state index in [-0.39, 0.29) is 0 Å². The van der Waals surface area contributed by atoms with Crippen molar-refractivity contribution in [1.82, 2.24) is 9.35 Å². The average molecular weight is 513 g/mol. The average Bonchev–Trinajstić information content (AvgIpc) is 3.74. The summed E-state index contributed by atoms with van der Waals surface area (Å²) in [7, 11) is 0. The fraction of sp³-hybridized carbons (Fsp3) is 0. The van der Waals surface area contributed by atoms with Gasteiger partial charge in [0.2, 0.25) is 0 Å². The fourth-order valence-corrected chi connectivity index (χ4v) is 6.83. The van der Waals surface area contributed by atoms with Crippen LogP contribution in [0.5, 0.6) is 0 Å². The first-order valence-electron chi connectivity index (χ1n) is 13.5. The third-order valence-electron chi connectivity index (χ3n) is 8.51. The van der Waals surface area contributed by atoms with Crippen LogP contribution in [0.25, 0.3) is 87.5 Å². The predicted octanol–water partition coefficient (Wildman–Crippen LogP) is 10.0. The number of benzene rings is 6. The number of aromatic nitrogens is 2. The standard InChI is InChI=1S/C36H20N2O2/c1-5-13-29-21(9-1)25-17-19-27-23-11-3-7-15-31(23)39-35(27)33(25)37(29)38-30-14-6-2-10-22(30)26-18-20-28-24-12-4-8-16-32(24)40-36(28)34(26)38/h1-20H. The van der Waals surface area contributed by atoms with Crippen LogP contribution in [0.4, 0.5) is 0 Å². The summed E-state index contributed by atoms with van der Waals surface area (Å²) in [6.07, 6.45) is 0. The number of fused-ring (bicyclic) bond motifs is 14. The molecule has 10 rings (SSSR count). The molecule has 0 fully saturated rings. The SMILES string of the molecule is c1ccc2c(c1)oc1c2ccc2c3ccccc3n(-n3c4ccccc4c4ccc5c6ccccc6oc5c43)c21. The van der Waals surface area contributed by atoms with Gasteiger partial charge >= 0.3 is 0 Å². The number of nitrogens with zero attached hydrogens (tertiary/aromatic N) is 2. The Bertz CT molecular complexity index is 2470. The Kier molecular flexibility index (Phi) is 3.65. The smallest absolute Gasteiger partial charge is 0.161 e. The second-order valence-electron chi connectivity index (χ2n) is 10.5. The molecule has 0 radical (unpaired) electrons. The molecule has 0 unspecified atom stereocenters. The van der Waals surface area contributed by atoms with Crippen molar-refractivity contribution in [3.63, 3.8) is 0 Å². The number of para-hydroxylation sites is 4. The van der Waals surface area contributed by atoms with Crippen LogP contribution >= 0.6 is 0 Å². The number of rotatable bonds is 1. The molecule has 0 saturated heterocycles. The zero-order valence-electron chi connectivity index (χ0n) is 21.3. The first-order valence-corrected chi connectivity index (χ1v) is 13.5. The monoisotopic (exact) mass is 512 g/mol. The van der Waals surface area contributed by atoms with Gasteiger partial charge in [-0.15, -0.1) is 0 Å². The van der Waals surface area contributed by atoms with E-state index < -0.39 is 0 Å². The zero-order chi connectivity index (χ0) is 25.9. The van der Waals surface area contributed by atoms with Gasteiger partial charge in [0, 0.05) is 43.1 Å². The van der Waals surface area contributed by atoms with Crippen molar-refractivity contribution in [3.05, 3.63) is 121 Å². The van der Waals surface area contributed by atoms with Crippen LogP contribution in [0.3, 0.4) is 0 Å². The van der Waals surface area contributed by atoms with Gasteiger partial charge in [0.1, 0.15) is 22.2 Å². The molecule has 0 aliphatic heterocycles. The van der Waals surface area contributed by atoms with Gasteiger partial charge in [-0.3, -0.25) is 0 Å². The summed E-state index contributed by atoms with van der Waals surface area (Å²) in [5.74, 6) is 0. The van der Waals surface area contributed by atoms with Crippen LogP contribution in [0, 0.1) is 0 Å². The fourth-order valence-electron chi connectivity index (χ4n) is 6.83. The third-order valence-corrected chi connectivity index (χ3v) is 8.51. The summed E-state index contributed by atoms with van der Waals surface area (Å²) in [6, 6.07) is 42.7. The molecular weight excluding hydrogens is 492 g/mol. The minimum Gasteiger partial charge on any atom is -0.454 e. The summed E-state index contributed by atoms with van der Waals surface area (Å²) in [5, 5.41) is 9.15. The second-order valence-corrected chi connectivity index (χ2v) is 10.5. The molecule has 0 spiro atoms. The van der Waals surface area contributed by atoms with E-state index in [0.717, 1.165) is 76.7 Å². The quantitative estimate of drug-likeness (QED) is 0.219. The first kappa shape index (κ1) is 20.5. The van der Waals surface area contributed by atoms with Crippen LogP contribution in [-0.4, -0.2) is 9.35 Å². The Balaban J connectivity index is 1.52. The van der Waals surface area contributed by atoms with E-state index >= 15 is 0 Å². The summed E-state index contributed by atoms with van der Waals surface area (Å²) >= 11 is 0. The Labute approximate surface area is 226 Å². The van der Waals surface area contributed by atoms with E-state index in [1.165, 1.54) is 10.8 Å². The number of hydrogen-bond acceptors (Lipinski definition) is 2. The first-order chi connectivity index (χ1) is 19.9. The molecule has 0 aliphatic rings. The Hall–Kier alpha value is -5.48. The highest BCUT2D eigenvalue weighted by Gasteiger charge is 2.24. The van der Waals surface area contributed by atoms with Gasteiger partial charge in [0.25, 0.3) is 0 Å². The molecule has 4 heterocycles. The van der Waals surface area contributed by atoms with Crippen molar-refractivity contribution < 1.29 is 8.83 Å². The van der Waals surface area contributed by atoms with Crippen LogP contribution in [0.2, 0.25) is 0 Å². The zero-order valence-corrected chi connectivity index (χ0v) is 21.3. The molecule has 40 heavy (non-hydrogen) atoms. The van der Waals surface area contributed by atoms with Gasteiger partial charge in [0.15, 0.2) is 11.2 Å². The molecule has 10 aromatic rings. The van der Waals surface area contributed by atoms with Crippen LogP contribution in [-0.2, 0) is 0 Å². The molecule has 0 bridgehead atoms. The normalized spacial score (nSPS) is 12.5. The van der Waals surface area contributed by atoms with Gasteiger partial charge < -0.3 is 8.83 Å². The van der Waals surface area contributed by atoms with Gasteiger partial charge in [-0.05, 0) is 36.4 Å². The third kappa shape index (κ3) is 2.38. The molecule has 4 nitrogen and oxygen atoms in total. The highest BCUT2D eigenvalue weighted by Crippen LogP contribution is 2.43. The highest BCUT2D eigenvalue weighted by molar-refractivity contribution is 6.23. The van der Waals surface area contributed by atoms with Gasteiger partial charge in [-0.2, -0.15) is 0 Å². The topological polar surface area (TPSA) is 36.1 Å². The molecule has 4 heteroatoms. The summed E-state index contributed by atoms with van der Waals surface area (Å²) < 4.78 is 18.0. The second kappa shape index (κ2) is 7.13. The minimum atomic E-state index is 0.887. The summed E-state index contributed by atoms with van der Waals surface area (Å²) in [6.45, 7) is 0. The highest BCUT2D eigenvalue weighted by atomic mass is 16.3. The lowest BCUT2D eigenvalue weighted by Gasteiger charge is -2.13. The van der Waals surface area contributed by atoms with E-state index in [1.54, 1.807) is 0 Å². The predicted molar refractivity (Wildman–Crippen MR) is 164 cm³/mol. The number of furan rings is 2. The maximum atomic E-state index is 6.64. The van der Waals surface area contributed by atoms with Gasteiger partial charge in [0.05, 0.1) is 11.0 Å². The maximum absolute atomic E-state index is 6.64. The molecule has 0 amide bonds. The van der Waals surface area contributed by atoms with Crippen molar-refractivity contribution in [1.29, 1.82) is 0 Å². The maximum Gasteiger partial charge on any atom is 0.161 e. The Morgan fingerprint density at radius 3 is 1.18 bits per heavy atom. The molecule has 186 valence electrons. The van der Waals surface area contributed by atoms with Crippen molar-refractivity contribution in [2.45, 2.75) is 0 Å². The lowest BCUT2D eigenvalue weighted by atomic mass is 10.1. The molecule has 6 aromatic carbocycles. The minimum absolute atomic E-state index is 0.887. The van der Waals surface area contributed by atoms with Crippen LogP contribution < -0.4 is 0 Å². The van der Waals surface area contributed by atoms with E-state index in [0.29, 0.717) is 0 Å². The Morgan fingerprint density at radius 1 is 0.325 bits per heavy atom. The van der Waals surface area contributed by atoms with E-state index in [1.807, 2.05) is 24.3 Å². The molecule has 0 atom stereocenters. The van der Waals surface area contributed by atoms with E-state index in [9.17, 15) is 0 Å². The van der Waals surface area contributed by atoms with Gasteiger partial charge in [-0.25, -0.2) is 9.35 Å². The van der Waals surface area contributed by atoms with Crippen LogP contribution in [0.15, 0.2) is 130 Å². The van der Waals surface area contributed by atoms with E-state index in [2.05, 4.69) is 106 Å². The van der Waals surface area contributed by atoms with Crippen molar-refractivity contribution in [3.8, 4) is 0 Å². The van der Waals surface area contributed by atoms with Crippen molar-refractivity contribution in [2.75, 3.05) is 0 Å². The summed E-state index contributed by atoms with van der Waals surface area (Å²) in [4.78, 5) is 0. The molecule has 0 saturated carbocycles.